The number of benzene rings is 2. The molecule has 0 unspecified atom stereocenters. The molecule has 2 N–H and O–H groups in total. The Labute approximate surface area is 146 Å². The number of primary sulfonamides is 1. The summed E-state index contributed by atoms with van der Waals surface area (Å²) in [5.41, 5.74) is 2.51. The van der Waals surface area contributed by atoms with Gasteiger partial charge in [0.25, 0.3) is 5.69 Å². The number of sulfonamides is 1. The minimum absolute atomic E-state index is 0.00369. The molecule has 2 aromatic carbocycles. The van der Waals surface area contributed by atoms with Crippen LogP contribution < -0.4 is 10.0 Å². The van der Waals surface area contributed by atoms with Gasteiger partial charge in [0.15, 0.2) is 0 Å². The molecular formula is C17H19N3O4S. The molecule has 0 amide bonds. The summed E-state index contributed by atoms with van der Waals surface area (Å²) in [7, 11) is -2.20. The fourth-order valence-corrected chi connectivity index (χ4v) is 3.96. The van der Waals surface area contributed by atoms with Gasteiger partial charge in [-0.1, -0.05) is 24.3 Å². The fourth-order valence-electron chi connectivity index (χ4n) is 3.42. The number of nitro groups is 1. The summed E-state index contributed by atoms with van der Waals surface area (Å²) in [6.45, 7) is 0. The van der Waals surface area contributed by atoms with Crippen LogP contribution in [0.15, 0.2) is 47.4 Å². The predicted octanol–water partition coefficient (Wildman–Crippen LogP) is 2.76. The lowest BCUT2D eigenvalue weighted by Gasteiger charge is -2.34. The summed E-state index contributed by atoms with van der Waals surface area (Å²) in [6.07, 6.45) is 2.86. The Morgan fingerprint density at radius 3 is 2.64 bits per heavy atom. The Balaban J connectivity index is 2.06. The van der Waals surface area contributed by atoms with Crippen LogP contribution in [-0.2, 0) is 16.4 Å². The van der Waals surface area contributed by atoms with Crippen LogP contribution in [0.2, 0.25) is 0 Å². The van der Waals surface area contributed by atoms with Crippen LogP contribution in [0.1, 0.15) is 30.0 Å². The van der Waals surface area contributed by atoms with Crippen molar-refractivity contribution >= 4 is 21.4 Å². The van der Waals surface area contributed by atoms with E-state index in [-0.39, 0.29) is 16.6 Å². The zero-order valence-electron chi connectivity index (χ0n) is 13.8. The summed E-state index contributed by atoms with van der Waals surface area (Å²) in [4.78, 5) is 12.5. The van der Waals surface area contributed by atoms with Gasteiger partial charge in [0.2, 0.25) is 10.0 Å². The van der Waals surface area contributed by atoms with Crippen molar-refractivity contribution in [2.45, 2.75) is 30.2 Å². The van der Waals surface area contributed by atoms with E-state index in [1.54, 1.807) is 7.05 Å². The van der Waals surface area contributed by atoms with Gasteiger partial charge < -0.3 is 4.90 Å². The first-order valence-corrected chi connectivity index (χ1v) is 9.45. The summed E-state index contributed by atoms with van der Waals surface area (Å²) in [5, 5.41) is 16.6. The van der Waals surface area contributed by atoms with Crippen molar-refractivity contribution < 1.29 is 13.3 Å². The molecule has 0 aromatic heterocycles. The molecule has 2 aromatic rings. The van der Waals surface area contributed by atoms with Crippen molar-refractivity contribution in [2.24, 2.45) is 5.14 Å². The third-order valence-corrected chi connectivity index (χ3v) is 5.57. The molecule has 8 heteroatoms. The summed E-state index contributed by atoms with van der Waals surface area (Å²) < 4.78 is 23.0. The summed E-state index contributed by atoms with van der Waals surface area (Å²) >= 11 is 0. The molecule has 1 aliphatic rings. The van der Waals surface area contributed by atoms with E-state index in [1.165, 1.54) is 17.7 Å². The minimum atomic E-state index is -4.00. The molecular weight excluding hydrogens is 342 g/mol. The summed E-state index contributed by atoms with van der Waals surface area (Å²) in [5.74, 6) is 0. The van der Waals surface area contributed by atoms with E-state index >= 15 is 0 Å². The Bertz CT molecular complexity index is 927. The molecule has 0 saturated carbocycles. The number of fused-ring (bicyclic) bond motifs is 1. The molecule has 3 rings (SSSR count). The SMILES string of the molecule is CN(c1ccc(S(N)(=O)=O)cc1[N+](=O)[O-])[C@@H]1CCCc2ccccc21. The van der Waals surface area contributed by atoms with E-state index in [0.29, 0.717) is 5.69 Å². The normalized spacial score (nSPS) is 17.0. The number of nitrogens with zero attached hydrogens (tertiary/aromatic N) is 2. The maximum Gasteiger partial charge on any atom is 0.293 e. The lowest BCUT2D eigenvalue weighted by Crippen LogP contribution is -2.28. The molecule has 25 heavy (non-hydrogen) atoms. The molecule has 132 valence electrons. The second kappa shape index (κ2) is 6.45. The van der Waals surface area contributed by atoms with Gasteiger partial charge in [-0.2, -0.15) is 0 Å². The van der Waals surface area contributed by atoms with Gasteiger partial charge >= 0.3 is 0 Å². The fraction of sp³-hybridized carbons (Fsp3) is 0.294. The predicted molar refractivity (Wildman–Crippen MR) is 95.0 cm³/mol. The first kappa shape index (κ1) is 17.4. The van der Waals surface area contributed by atoms with E-state index in [0.717, 1.165) is 30.9 Å². The van der Waals surface area contributed by atoms with Crippen LogP contribution in [0.4, 0.5) is 11.4 Å². The maximum atomic E-state index is 11.5. The van der Waals surface area contributed by atoms with E-state index < -0.39 is 14.9 Å². The quantitative estimate of drug-likeness (QED) is 0.665. The van der Waals surface area contributed by atoms with Crippen LogP contribution in [-0.4, -0.2) is 20.4 Å². The molecule has 7 nitrogen and oxygen atoms in total. The van der Waals surface area contributed by atoms with Gasteiger partial charge in [-0.15, -0.1) is 0 Å². The third kappa shape index (κ3) is 3.35. The number of aryl methyl sites for hydroxylation is 1. The molecule has 1 atom stereocenters. The van der Waals surface area contributed by atoms with Crippen molar-refractivity contribution in [1.82, 2.24) is 0 Å². The van der Waals surface area contributed by atoms with Crippen molar-refractivity contribution in [2.75, 3.05) is 11.9 Å². The lowest BCUT2D eigenvalue weighted by atomic mass is 9.87. The van der Waals surface area contributed by atoms with Crippen LogP contribution in [0.5, 0.6) is 0 Å². The number of hydrogen-bond donors (Lipinski definition) is 1. The summed E-state index contributed by atoms with van der Waals surface area (Å²) in [6, 6.07) is 11.9. The smallest absolute Gasteiger partial charge is 0.293 e. The molecule has 1 aliphatic carbocycles. The van der Waals surface area contributed by atoms with Crippen LogP contribution in [0.25, 0.3) is 0 Å². The number of nitrogens with two attached hydrogens (primary N) is 1. The second-order valence-corrected chi connectivity index (χ2v) is 7.73. The van der Waals surface area contributed by atoms with Gasteiger partial charge in [-0.25, -0.2) is 13.6 Å². The van der Waals surface area contributed by atoms with E-state index in [1.807, 2.05) is 23.1 Å². The molecule has 0 heterocycles. The van der Waals surface area contributed by atoms with Gasteiger partial charge in [0.05, 0.1) is 15.9 Å². The zero-order chi connectivity index (χ0) is 18.2. The Hall–Kier alpha value is -2.45. The van der Waals surface area contributed by atoms with E-state index in [2.05, 4.69) is 6.07 Å². The highest BCUT2D eigenvalue weighted by molar-refractivity contribution is 7.89. The first-order valence-electron chi connectivity index (χ1n) is 7.91. The number of nitro benzene ring substituents is 1. The minimum Gasteiger partial charge on any atom is -0.362 e. The lowest BCUT2D eigenvalue weighted by molar-refractivity contribution is -0.384. The highest BCUT2D eigenvalue weighted by Crippen LogP contribution is 2.39. The largest absolute Gasteiger partial charge is 0.362 e. The highest BCUT2D eigenvalue weighted by Gasteiger charge is 2.28. The topological polar surface area (TPSA) is 107 Å². The van der Waals surface area contributed by atoms with Crippen molar-refractivity contribution in [3.05, 3.63) is 63.7 Å². The maximum absolute atomic E-state index is 11.5. The van der Waals surface area contributed by atoms with E-state index in [4.69, 9.17) is 5.14 Å². The Kier molecular flexibility index (Phi) is 4.49. The average molecular weight is 361 g/mol. The van der Waals surface area contributed by atoms with E-state index in [9.17, 15) is 18.5 Å². The van der Waals surface area contributed by atoms with Crippen molar-refractivity contribution in [3.8, 4) is 0 Å². The van der Waals surface area contributed by atoms with Gasteiger partial charge in [0.1, 0.15) is 5.69 Å². The van der Waals surface area contributed by atoms with Crippen LogP contribution >= 0.6 is 0 Å². The van der Waals surface area contributed by atoms with Gasteiger partial charge in [-0.3, -0.25) is 10.1 Å². The first-order chi connectivity index (χ1) is 11.8. The average Bonchev–Trinajstić information content (AvgIpc) is 2.59. The van der Waals surface area contributed by atoms with Crippen molar-refractivity contribution in [3.63, 3.8) is 0 Å². The van der Waals surface area contributed by atoms with Crippen molar-refractivity contribution in [1.29, 1.82) is 0 Å². The highest BCUT2D eigenvalue weighted by atomic mass is 32.2. The Morgan fingerprint density at radius 2 is 1.96 bits per heavy atom. The standard InChI is InChI=1S/C17H19N3O4S/c1-19(15-8-4-6-12-5-2-3-7-14(12)15)16-10-9-13(25(18,23)24)11-17(16)20(21)22/h2-3,5,7,9-11,15H,4,6,8H2,1H3,(H2,18,23,24)/t15-/m1/s1. The molecule has 0 fully saturated rings. The second-order valence-electron chi connectivity index (χ2n) is 6.17. The monoisotopic (exact) mass is 361 g/mol. The molecule has 0 saturated heterocycles. The molecule has 0 radical (unpaired) electrons. The molecule has 0 aliphatic heterocycles. The molecule has 0 spiro atoms. The third-order valence-electron chi connectivity index (χ3n) is 4.66. The number of rotatable bonds is 4. The van der Waals surface area contributed by atoms with Crippen LogP contribution in [0, 0.1) is 10.1 Å². The van der Waals surface area contributed by atoms with Gasteiger partial charge in [-0.05, 0) is 42.5 Å². The van der Waals surface area contributed by atoms with Gasteiger partial charge in [0, 0.05) is 13.1 Å². The number of anilines is 1. The van der Waals surface area contributed by atoms with Crippen LogP contribution in [0.3, 0.4) is 0 Å². The molecule has 0 bridgehead atoms. The number of hydrogen-bond acceptors (Lipinski definition) is 5. The Morgan fingerprint density at radius 1 is 1.24 bits per heavy atom. The zero-order valence-corrected chi connectivity index (χ0v) is 14.6.